The quantitative estimate of drug-likeness (QED) is 0.756. The summed E-state index contributed by atoms with van der Waals surface area (Å²) < 4.78 is 4.99. The molecule has 0 radical (unpaired) electrons. The zero-order valence-corrected chi connectivity index (χ0v) is 11.8. The molecule has 0 saturated carbocycles. The molecule has 20 heavy (non-hydrogen) atoms. The maximum atomic E-state index is 12.1. The summed E-state index contributed by atoms with van der Waals surface area (Å²) in [5.41, 5.74) is 0. The van der Waals surface area contributed by atoms with E-state index in [1.165, 1.54) is 6.26 Å². The first kappa shape index (κ1) is 14.6. The first-order valence-corrected chi connectivity index (χ1v) is 6.96. The molecule has 2 heterocycles. The van der Waals surface area contributed by atoms with Crippen LogP contribution >= 0.6 is 0 Å². The third kappa shape index (κ3) is 3.60. The second-order valence-corrected chi connectivity index (χ2v) is 5.17. The number of rotatable bonds is 4. The van der Waals surface area contributed by atoms with E-state index in [1.54, 1.807) is 19.1 Å². The smallest absolute Gasteiger partial charge is 0.287 e. The highest BCUT2D eigenvalue weighted by molar-refractivity contribution is 5.95. The van der Waals surface area contributed by atoms with E-state index in [-0.39, 0.29) is 29.7 Å². The van der Waals surface area contributed by atoms with Crippen LogP contribution in [0.3, 0.4) is 0 Å². The zero-order valence-electron chi connectivity index (χ0n) is 11.8. The molecule has 6 heteroatoms. The lowest BCUT2D eigenvalue weighted by atomic mass is 9.99. The zero-order chi connectivity index (χ0) is 14.5. The molecular formula is C14H21N3O3. The Morgan fingerprint density at radius 3 is 2.95 bits per heavy atom. The van der Waals surface area contributed by atoms with Crippen molar-refractivity contribution >= 4 is 11.8 Å². The Balaban J connectivity index is 1.84. The predicted molar refractivity (Wildman–Crippen MR) is 74.3 cm³/mol. The van der Waals surface area contributed by atoms with Crippen molar-refractivity contribution in [2.24, 2.45) is 0 Å². The largest absolute Gasteiger partial charge is 0.459 e. The van der Waals surface area contributed by atoms with Crippen molar-refractivity contribution < 1.29 is 14.0 Å². The van der Waals surface area contributed by atoms with Crippen molar-refractivity contribution in [2.45, 2.75) is 44.8 Å². The average molecular weight is 279 g/mol. The molecule has 3 N–H and O–H groups in total. The molecule has 1 aromatic rings. The van der Waals surface area contributed by atoms with Gasteiger partial charge in [0.25, 0.3) is 5.91 Å². The van der Waals surface area contributed by atoms with Gasteiger partial charge in [-0.2, -0.15) is 0 Å². The summed E-state index contributed by atoms with van der Waals surface area (Å²) in [5.74, 6) is -0.352. The number of nitrogens with one attached hydrogen (secondary N) is 3. The van der Waals surface area contributed by atoms with E-state index in [0.29, 0.717) is 0 Å². The van der Waals surface area contributed by atoms with Crippen LogP contribution in [0.4, 0.5) is 0 Å². The lowest BCUT2D eigenvalue weighted by molar-refractivity contribution is -0.123. The average Bonchev–Trinajstić information content (AvgIpc) is 2.95. The van der Waals surface area contributed by atoms with Gasteiger partial charge in [-0.1, -0.05) is 0 Å². The molecule has 1 saturated heterocycles. The number of piperidine rings is 1. The van der Waals surface area contributed by atoms with Gasteiger partial charge >= 0.3 is 0 Å². The molecule has 6 nitrogen and oxygen atoms in total. The van der Waals surface area contributed by atoms with E-state index in [2.05, 4.69) is 22.9 Å². The SMILES string of the molecule is CC(NC(=O)c1ccco1)C(=O)NC1CCCNC1C. The van der Waals surface area contributed by atoms with E-state index >= 15 is 0 Å². The first-order chi connectivity index (χ1) is 9.58. The summed E-state index contributed by atoms with van der Waals surface area (Å²) in [7, 11) is 0. The van der Waals surface area contributed by atoms with E-state index in [0.717, 1.165) is 19.4 Å². The lowest BCUT2D eigenvalue weighted by Crippen LogP contribution is -2.55. The van der Waals surface area contributed by atoms with Gasteiger partial charge in [-0.25, -0.2) is 0 Å². The molecule has 0 aliphatic carbocycles. The van der Waals surface area contributed by atoms with Crippen LogP contribution in [0.25, 0.3) is 0 Å². The maximum Gasteiger partial charge on any atom is 0.287 e. The minimum Gasteiger partial charge on any atom is -0.459 e. The standard InChI is InChI=1S/C14H21N3O3/c1-9-11(5-3-7-15-9)17-13(18)10(2)16-14(19)12-6-4-8-20-12/h4,6,8-11,15H,3,5,7H2,1-2H3,(H,16,19)(H,17,18). The molecule has 0 spiro atoms. The number of amides is 2. The van der Waals surface area contributed by atoms with Crippen molar-refractivity contribution in [2.75, 3.05) is 6.54 Å². The van der Waals surface area contributed by atoms with Gasteiger partial charge in [-0.15, -0.1) is 0 Å². The van der Waals surface area contributed by atoms with E-state index in [1.807, 2.05) is 0 Å². The molecule has 1 fully saturated rings. The highest BCUT2D eigenvalue weighted by Crippen LogP contribution is 2.08. The Kier molecular flexibility index (Phi) is 4.79. The maximum absolute atomic E-state index is 12.1. The second-order valence-electron chi connectivity index (χ2n) is 5.17. The Morgan fingerprint density at radius 2 is 2.30 bits per heavy atom. The number of furan rings is 1. The molecular weight excluding hydrogens is 258 g/mol. The number of carbonyl (C=O) groups is 2. The molecule has 2 amide bonds. The van der Waals surface area contributed by atoms with Gasteiger partial charge in [0, 0.05) is 12.1 Å². The summed E-state index contributed by atoms with van der Waals surface area (Å²) in [6.07, 6.45) is 3.43. The van der Waals surface area contributed by atoms with Crippen molar-refractivity contribution in [3.8, 4) is 0 Å². The molecule has 0 bridgehead atoms. The van der Waals surface area contributed by atoms with Gasteiger partial charge < -0.3 is 20.4 Å². The Morgan fingerprint density at radius 1 is 1.50 bits per heavy atom. The fourth-order valence-corrected chi connectivity index (χ4v) is 2.29. The van der Waals surface area contributed by atoms with Crippen LogP contribution < -0.4 is 16.0 Å². The molecule has 110 valence electrons. The summed E-state index contributed by atoms with van der Waals surface area (Å²) in [5, 5.41) is 8.92. The molecule has 0 aromatic carbocycles. The fraction of sp³-hybridized carbons (Fsp3) is 0.571. The number of hydrogen-bond donors (Lipinski definition) is 3. The van der Waals surface area contributed by atoms with Crippen LogP contribution in [0, 0.1) is 0 Å². The normalized spacial score (nSPS) is 23.9. The molecule has 1 aromatic heterocycles. The minimum atomic E-state index is -0.596. The van der Waals surface area contributed by atoms with Crippen LogP contribution in [-0.2, 0) is 4.79 Å². The predicted octanol–water partition coefficient (Wildman–Crippen LogP) is 0.655. The van der Waals surface area contributed by atoms with Crippen molar-refractivity contribution in [1.29, 1.82) is 0 Å². The van der Waals surface area contributed by atoms with Gasteiger partial charge in [0.05, 0.1) is 6.26 Å². The Hall–Kier alpha value is -1.82. The first-order valence-electron chi connectivity index (χ1n) is 6.96. The summed E-state index contributed by atoms with van der Waals surface area (Å²) in [6.45, 7) is 4.70. The molecule has 3 unspecified atom stereocenters. The molecule has 2 rings (SSSR count). The second kappa shape index (κ2) is 6.56. The van der Waals surface area contributed by atoms with E-state index in [9.17, 15) is 9.59 Å². The van der Waals surface area contributed by atoms with Crippen molar-refractivity contribution in [3.05, 3.63) is 24.2 Å². The third-order valence-electron chi connectivity index (χ3n) is 3.58. The van der Waals surface area contributed by atoms with Crippen LogP contribution in [0.5, 0.6) is 0 Å². The van der Waals surface area contributed by atoms with Crippen molar-refractivity contribution in [3.63, 3.8) is 0 Å². The molecule has 1 aliphatic rings. The summed E-state index contributed by atoms with van der Waals surface area (Å²) in [4.78, 5) is 23.9. The lowest BCUT2D eigenvalue weighted by Gasteiger charge is -2.31. The van der Waals surface area contributed by atoms with Crippen LogP contribution in [0.2, 0.25) is 0 Å². The van der Waals surface area contributed by atoms with Gasteiger partial charge in [0.2, 0.25) is 5.91 Å². The van der Waals surface area contributed by atoms with Gasteiger partial charge in [0.15, 0.2) is 5.76 Å². The van der Waals surface area contributed by atoms with Gasteiger partial charge in [-0.3, -0.25) is 9.59 Å². The Labute approximate surface area is 118 Å². The van der Waals surface area contributed by atoms with Crippen LogP contribution in [0.1, 0.15) is 37.2 Å². The molecule has 3 atom stereocenters. The topological polar surface area (TPSA) is 83.4 Å². The third-order valence-corrected chi connectivity index (χ3v) is 3.58. The number of carbonyl (C=O) groups excluding carboxylic acids is 2. The van der Waals surface area contributed by atoms with Gasteiger partial charge in [0.1, 0.15) is 6.04 Å². The van der Waals surface area contributed by atoms with E-state index in [4.69, 9.17) is 4.42 Å². The van der Waals surface area contributed by atoms with Crippen molar-refractivity contribution in [1.82, 2.24) is 16.0 Å². The summed E-state index contributed by atoms with van der Waals surface area (Å²) >= 11 is 0. The highest BCUT2D eigenvalue weighted by Gasteiger charge is 2.25. The summed E-state index contributed by atoms with van der Waals surface area (Å²) in [6, 6.07) is 2.96. The monoisotopic (exact) mass is 279 g/mol. The fourth-order valence-electron chi connectivity index (χ4n) is 2.29. The number of hydrogen-bond acceptors (Lipinski definition) is 4. The molecule has 1 aliphatic heterocycles. The Bertz CT molecular complexity index is 458. The minimum absolute atomic E-state index is 0.110. The highest BCUT2D eigenvalue weighted by atomic mass is 16.3. The van der Waals surface area contributed by atoms with Crippen LogP contribution in [-0.4, -0.2) is 36.5 Å². The van der Waals surface area contributed by atoms with E-state index < -0.39 is 6.04 Å². The van der Waals surface area contributed by atoms with Gasteiger partial charge in [-0.05, 0) is 45.4 Å². The van der Waals surface area contributed by atoms with Crippen LogP contribution in [0.15, 0.2) is 22.8 Å².